The van der Waals surface area contributed by atoms with Gasteiger partial charge in [-0.05, 0) is 55.7 Å². The number of hydrogen-bond acceptors (Lipinski definition) is 2. The van der Waals surface area contributed by atoms with E-state index in [4.69, 9.17) is 5.73 Å². The van der Waals surface area contributed by atoms with Gasteiger partial charge in [-0.3, -0.25) is 4.79 Å². The zero-order valence-electron chi connectivity index (χ0n) is 11.9. The minimum Gasteiger partial charge on any atom is -0.399 e. The van der Waals surface area contributed by atoms with E-state index >= 15 is 0 Å². The van der Waals surface area contributed by atoms with E-state index in [0.29, 0.717) is 0 Å². The Balaban J connectivity index is 2.00. The second-order valence-corrected chi connectivity index (χ2v) is 5.37. The number of aromatic nitrogens is 1. The molecule has 0 aliphatic carbocycles. The SMILES string of the molecule is Cc1ccc(C(=O)N2CCCc3cc(N)ccc32)n1C. The van der Waals surface area contributed by atoms with E-state index in [9.17, 15) is 4.79 Å². The molecule has 2 aromatic rings. The molecule has 0 unspecified atom stereocenters. The molecule has 4 nitrogen and oxygen atoms in total. The second-order valence-electron chi connectivity index (χ2n) is 5.37. The third-order valence-corrected chi connectivity index (χ3v) is 4.06. The van der Waals surface area contributed by atoms with Gasteiger partial charge in [-0.15, -0.1) is 0 Å². The van der Waals surface area contributed by atoms with Crippen LogP contribution in [-0.4, -0.2) is 17.0 Å². The molecule has 0 radical (unpaired) electrons. The van der Waals surface area contributed by atoms with Crippen LogP contribution < -0.4 is 10.6 Å². The van der Waals surface area contributed by atoms with Gasteiger partial charge in [0.15, 0.2) is 0 Å². The van der Waals surface area contributed by atoms with E-state index in [1.807, 2.05) is 53.8 Å². The first-order valence-corrected chi connectivity index (χ1v) is 6.90. The van der Waals surface area contributed by atoms with Crippen molar-refractivity contribution in [1.82, 2.24) is 4.57 Å². The number of nitrogen functional groups attached to an aromatic ring is 1. The summed E-state index contributed by atoms with van der Waals surface area (Å²) in [6.07, 6.45) is 1.96. The Morgan fingerprint density at radius 2 is 2.05 bits per heavy atom. The number of amides is 1. The fraction of sp³-hybridized carbons (Fsp3) is 0.312. The maximum Gasteiger partial charge on any atom is 0.274 e. The smallest absolute Gasteiger partial charge is 0.274 e. The van der Waals surface area contributed by atoms with Gasteiger partial charge in [-0.1, -0.05) is 0 Å². The largest absolute Gasteiger partial charge is 0.399 e. The van der Waals surface area contributed by atoms with Gasteiger partial charge in [0.25, 0.3) is 5.91 Å². The van der Waals surface area contributed by atoms with Crippen molar-refractivity contribution in [1.29, 1.82) is 0 Å². The number of fused-ring (bicyclic) bond motifs is 1. The third kappa shape index (κ3) is 1.97. The normalized spacial score (nSPS) is 14.2. The van der Waals surface area contributed by atoms with Crippen LogP contribution in [0.15, 0.2) is 30.3 Å². The highest BCUT2D eigenvalue weighted by Gasteiger charge is 2.25. The summed E-state index contributed by atoms with van der Waals surface area (Å²) in [6.45, 7) is 2.77. The third-order valence-electron chi connectivity index (χ3n) is 4.06. The number of rotatable bonds is 1. The summed E-state index contributed by atoms with van der Waals surface area (Å²) in [5.74, 6) is 0.0614. The summed E-state index contributed by atoms with van der Waals surface area (Å²) in [6, 6.07) is 9.66. The standard InChI is InChI=1S/C16H19N3O/c1-11-5-7-15(18(11)2)16(20)19-9-3-4-12-10-13(17)6-8-14(12)19/h5-8,10H,3-4,9,17H2,1-2H3. The highest BCUT2D eigenvalue weighted by atomic mass is 16.2. The van der Waals surface area contributed by atoms with Gasteiger partial charge in [-0.2, -0.15) is 0 Å². The highest BCUT2D eigenvalue weighted by molar-refractivity contribution is 6.06. The van der Waals surface area contributed by atoms with Crippen molar-refractivity contribution in [3.63, 3.8) is 0 Å². The predicted molar refractivity (Wildman–Crippen MR) is 81.0 cm³/mol. The Morgan fingerprint density at radius 3 is 2.75 bits per heavy atom. The maximum atomic E-state index is 12.8. The monoisotopic (exact) mass is 269 g/mol. The Bertz CT molecular complexity index is 672. The summed E-state index contributed by atoms with van der Waals surface area (Å²) in [7, 11) is 1.93. The molecule has 1 aliphatic heterocycles. The van der Waals surface area contributed by atoms with Crippen molar-refractivity contribution in [2.75, 3.05) is 17.2 Å². The first kappa shape index (κ1) is 12.8. The summed E-state index contributed by atoms with van der Waals surface area (Å²) in [5, 5.41) is 0. The Hall–Kier alpha value is -2.23. The van der Waals surface area contributed by atoms with Crippen LogP contribution in [0, 0.1) is 6.92 Å². The Kier molecular flexibility index (Phi) is 3.01. The Morgan fingerprint density at radius 1 is 1.25 bits per heavy atom. The van der Waals surface area contributed by atoms with Gasteiger partial charge < -0.3 is 15.2 Å². The number of anilines is 2. The molecule has 2 N–H and O–H groups in total. The molecule has 3 rings (SSSR count). The molecule has 0 saturated carbocycles. The molecule has 20 heavy (non-hydrogen) atoms. The van der Waals surface area contributed by atoms with Crippen LogP contribution in [0.25, 0.3) is 0 Å². The topological polar surface area (TPSA) is 51.3 Å². The van der Waals surface area contributed by atoms with Crippen LogP contribution in [0.4, 0.5) is 11.4 Å². The molecule has 2 heterocycles. The van der Waals surface area contributed by atoms with Gasteiger partial charge >= 0.3 is 0 Å². The van der Waals surface area contributed by atoms with Crippen molar-refractivity contribution in [2.45, 2.75) is 19.8 Å². The summed E-state index contributed by atoms with van der Waals surface area (Å²) < 4.78 is 1.94. The zero-order valence-corrected chi connectivity index (χ0v) is 11.9. The number of aryl methyl sites for hydroxylation is 2. The zero-order chi connectivity index (χ0) is 14.3. The van der Waals surface area contributed by atoms with Crippen molar-refractivity contribution >= 4 is 17.3 Å². The quantitative estimate of drug-likeness (QED) is 0.809. The average molecular weight is 269 g/mol. The van der Waals surface area contributed by atoms with E-state index in [0.717, 1.165) is 47.7 Å². The van der Waals surface area contributed by atoms with Crippen LogP contribution in [-0.2, 0) is 13.5 Å². The number of nitrogens with zero attached hydrogens (tertiary/aromatic N) is 2. The van der Waals surface area contributed by atoms with Gasteiger partial charge in [0.1, 0.15) is 5.69 Å². The van der Waals surface area contributed by atoms with E-state index in [2.05, 4.69) is 0 Å². The second kappa shape index (κ2) is 4.71. The molecule has 0 spiro atoms. The van der Waals surface area contributed by atoms with E-state index < -0.39 is 0 Å². The van der Waals surface area contributed by atoms with Crippen LogP contribution >= 0.6 is 0 Å². The van der Waals surface area contributed by atoms with E-state index in [-0.39, 0.29) is 5.91 Å². The van der Waals surface area contributed by atoms with Crippen LogP contribution in [0.1, 0.15) is 28.2 Å². The lowest BCUT2D eigenvalue weighted by Crippen LogP contribution is -2.36. The molecular formula is C16H19N3O. The molecule has 4 heteroatoms. The average Bonchev–Trinajstić information content (AvgIpc) is 2.77. The van der Waals surface area contributed by atoms with Crippen LogP contribution in [0.2, 0.25) is 0 Å². The van der Waals surface area contributed by atoms with E-state index in [1.165, 1.54) is 0 Å². The highest BCUT2D eigenvalue weighted by Crippen LogP contribution is 2.30. The molecule has 0 fully saturated rings. The van der Waals surface area contributed by atoms with Gasteiger partial charge in [0, 0.05) is 30.7 Å². The van der Waals surface area contributed by atoms with Crippen molar-refractivity contribution in [3.8, 4) is 0 Å². The van der Waals surface area contributed by atoms with Crippen molar-refractivity contribution < 1.29 is 4.79 Å². The van der Waals surface area contributed by atoms with Crippen LogP contribution in [0.3, 0.4) is 0 Å². The van der Waals surface area contributed by atoms with Gasteiger partial charge in [0.05, 0.1) is 0 Å². The summed E-state index contributed by atoms with van der Waals surface area (Å²) >= 11 is 0. The molecule has 0 atom stereocenters. The lowest BCUT2D eigenvalue weighted by Gasteiger charge is -2.29. The first-order chi connectivity index (χ1) is 9.58. The number of hydrogen-bond donors (Lipinski definition) is 1. The molecule has 1 aromatic carbocycles. The molecule has 1 amide bonds. The molecular weight excluding hydrogens is 250 g/mol. The first-order valence-electron chi connectivity index (χ1n) is 6.90. The lowest BCUT2D eigenvalue weighted by atomic mass is 10.0. The summed E-state index contributed by atoms with van der Waals surface area (Å²) in [5.41, 5.74) is 10.6. The minimum atomic E-state index is 0.0614. The number of carbonyl (C=O) groups excluding carboxylic acids is 1. The van der Waals surface area contributed by atoms with Gasteiger partial charge in [0.2, 0.25) is 0 Å². The van der Waals surface area contributed by atoms with Crippen LogP contribution in [0.5, 0.6) is 0 Å². The lowest BCUT2D eigenvalue weighted by molar-refractivity contribution is 0.0977. The van der Waals surface area contributed by atoms with E-state index in [1.54, 1.807) is 0 Å². The maximum absolute atomic E-state index is 12.8. The molecule has 0 saturated heterocycles. The fourth-order valence-corrected chi connectivity index (χ4v) is 2.79. The molecule has 1 aromatic heterocycles. The number of benzene rings is 1. The van der Waals surface area contributed by atoms with Crippen molar-refractivity contribution in [3.05, 3.63) is 47.3 Å². The number of nitrogens with two attached hydrogens (primary N) is 1. The summed E-state index contributed by atoms with van der Waals surface area (Å²) in [4.78, 5) is 14.6. The van der Waals surface area contributed by atoms with Crippen molar-refractivity contribution in [2.24, 2.45) is 7.05 Å². The minimum absolute atomic E-state index is 0.0614. The molecule has 104 valence electrons. The van der Waals surface area contributed by atoms with Gasteiger partial charge in [-0.25, -0.2) is 0 Å². The number of carbonyl (C=O) groups is 1. The predicted octanol–water partition coefficient (Wildman–Crippen LogP) is 2.51. The molecule has 0 bridgehead atoms. The molecule has 1 aliphatic rings. The fourth-order valence-electron chi connectivity index (χ4n) is 2.79. The Labute approximate surface area is 118 Å².